The number of hydrogen-bond donors (Lipinski definition) is 1. The molecule has 0 radical (unpaired) electrons. The van der Waals surface area contributed by atoms with Gasteiger partial charge in [0.1, 0.15) is 5.82 Å². The fourth-order valence-corrected chi connectivity index (χ4v) is 2.08. The van der Waals surface area contributed by atoms with E-state index in [0.29, 0.717) is 19.4 Å². The number of amides is 1. The van der Waals surface area contributed by atoms with Crippen molar-refractivity contribution in [2.45, 2.75) is 25.7 Å². The molecule has 0 unspecified atom stereocenters. The molecule has 21 heavy (non-hydrogen) atoms. The third kappa shape index (κ3) is 5.73. The normalized spacial score (nSPS) is 10.3. The van der Waals surface area contributed by atoms with Crippen LogP contribution in [-0.2, 0) is 17.6 Å². The molecule has 0 saturated heterocycles. The van der Waals surface area contributed by atoms with Crippen molar-refractivity contribution in [2.75, 3.05) is 6.54 Å². The molecule has 0 aliphatic carbocycles. The van der Waals surface area contributed by atoms with Gasteiger partial charge in [-0.15, -0.1) is 0 Å². The molecule has 0 saturated carbocycles. The molecule has 0 aliphatic heterocycles. The lowest BCUT2D eigenvalue weighted by atomic mass is 10.1. The summed E-state index contributed by atoms with van der Waals surface area (Å²) in [6.45, 7) is 0.581. The van der Waals surface area contributed by atoms with Crippen LogP contribution in [0.3, 0.4) is 0 Å². The summed E-state index contributed by atoms with van der Waals surface area (Å²) in [7, 11) is 0. The molecular weight excluding hydrogens is 267 g/mol. The fraction of sp³-hybridized carbons (Fsp3) is 0.294. The molecular formula is C17H19FN2O. The van der Waals surface area contributed by atoms with Gasteiger partial charge in [0.15, 0.2) is 0 Å². The van der Waals surface area contributed by atoms with Gasteiger partial charge >= 0.3 is 0 Å². The molecule has 2 aromatic rings. The number of hydrogen-bond acceptors (Lipinski definition) is 2. The number of carbonyl (C=O) groups excluding carboxylic acids is 1. The fourth-order valence-electron chi connectivity index (χ4n) is 2.08. The SMILES string of the molecule is O=C(CCCc1cccnc1)NCCc1ccc(F)cc1. The van der Waals surface area contributed by atoms with Crippen LogP contribution in [0.1, 0.15) is 24.0 Å². The van der Waals surface area contributed by atoms with E-state index in [4.69, 9.17) is 0 Å². The lowest BCUT2D eigenvalue weighted by Crippen LogP contribution is -2.25. The molecule has 1 heterocycles. The summed E-state index contributed by atoms with van der Waals surface area (Å²) < 4.78 is 12.7. The maximum Gasteiger partial charge on any atom is 0.220 e. The van der Waals surface area contributed by atoms with Gasteiger partial charge in [0.2, 0.25) is 5.91 Å². The monoisotopic (exact) mass is 286 g/mol. The maximum absolute atomic E-state index is 12.7. The van der Waals surface area contributed by atoms with Crippen LogP contribution in [0.2, 0.25) is 0 Å². The summed E-state index contributed by atoms with van der Waals surface area (Å²) >= 11 is 0. The molecule has 1 aromatic heterocycles. The molecule has 2 rings (SSSR count). The van der Waals surface area contributed by atoms with E-state index in [0.717, 1.165) is 24.0 Å². The molecule has 1 N–H and O–H groups in total. The average Bonchev–Trinajstić information content (AvgIpc) is 2.50. The van der Waals surface area contributed by atoms with Crippen molar-refractivity contribution in [3.63, 3.8) is 0 Å². The minimum atomic E-state index is -0.238. The van der Waals surface area contributed by atoms with Gasteiger partial charge in [-0.25, -0.2) is 4.39 Å². The van der Waals surface area contributed by atoms with Gasteiger partial charge in [-0.2, -0.15) is 0 Å². The standard InChI is InChI=1S/C17H19FN2O/c18-16-8-6-14(7-9-16)10-12-20-17(21)5-1-3-15-4-2-11-19-13-15/h2,4,6-9,11,13H,1,3,5,10,12H2,(H,20,21). The smallest absolute Gasteiger partial charge is 0.220 e. The topological polar surface area (TPSA) is 42.0 Å². The van der Waals surface area contributed by atoms with Crippen LogP contribution < -0.4 is 5.32 Å². The van der Waals surface area contributed by atoms with E-state index in [1.54, 1.807) is 18.3 Å². The molecule has 0 atom stereocenters. The lowest BCUT2D eigenvalue weighted by Gasteiger charge is -2.05. The number of aryl methyl sites for hydroxylation is 1. The molecule has 0 bridgehead atoms. The summed E-state index contributed by atoms with van der Waals surface area (Å²) in [6.07, 6.45) is 6.47. The Morgan fingerprint density at radius 3 is 2.62 bits per heavy atom. The highest BCUT2D eigenvalue weighted by Gasteiger charge is 2.02. The van der Waals surface area contributed by atoms with Gasteiger partial charge in [-0.05, 0) is 48.6 Å². The zero-order valence-electron chi connectivity index (χ0n) is 11.9. The van der Waals surface area contributed by atoms with Crippen molar-refractivity contribution in [2.24, 2.45) is 0 Å². The van der Waals surface area contributed by atoms with Crippen LogP contribution >= 0.6 is 0 Å². The second-order valence-corrected chi connectivity index (χ2v) is 4.94. The van der Waals surface area contributed by atoms with Crippen LogP contribution in [0.15, 0.2) is 48.8 Å². The van der Waals surface area contributed by atoms with Gasteiger partial charge < -0.3 is 5.32 Å². The van der Waals surface area contributed by atoms with Crippen molar-refractivity contribution >= 4 is 5.91 Å². The second kappa shape index (κ2) is 8.15. The van der Waals surface area contributed by atoms with E-state index >= 15 is 0 Å². The number of pyridine rings is 1. The highest BCUT2D eigenvalue weighted by Crippen LogP contribution is 2.04. The number of aromatic nitrogens is 1. The predicted molar refractivity (Wildman–Crippen MR) is 80.3 cm³/mol. The first-order chi connectivity index (χ1) is 10.2. The summed E-state index contributed by atoms with van der Waals surface area (Å²) in [6, 6.07) is 10.3. The number of nitrogens with one attached hydrogen (secondary N) is 1. The predicted octanol–water partition coefficient (Wildman–Crippen LogP) is 2.90. The van der Waals surface area contributed by atoms with Gasteiger partial charge in [-0.3, -0.25) is 9.78 Å². The number of carbonyl (C=O) groups is 1. The Balaban J connectivity index is 1.60. The molecule has 4 heteroatoms. The highest BCUT2D eigenvalue weighted by molar-refractivity contribution is 5.75. The number of halogens is 1. The third-order valence-electron chi connectivity index (χ3n) is 3.24. The Bertz CT molecular complexity index is 555. The van der Waals surface area contributed by atoms with Crippen LogP contribution in [-0.4, -0.2) is 17.4 Å². The van der Waals surface area contributed by atoms with Crippen molar-refractivity contribution in [1.29, 1.82) is 0 Å². The number of nitrogens with zero attached hydrogens (tertiary/aromatic N) is 1. The van der Waals surface area contributed by atoms with E-state index in [2.05, 4.69) is 10.3 Å². The summed E-state index contributed by atoms with van der Waals surface area (Å²) in [5, 5.41) is 2.88. The first kappa shape index (κ1) is 15.2. The van der Waals surface area contributed by atoms with Crippen LogP contribution in [0.25, 0.3) is 0 Å². The maximum atomic E-state index is 12.7. The summed E-state index contributed by atoms with van der Waals surface area (Å²) in [4.78, 5) is 15.7. The van der Waals surface area contributed by atoms with Crippen LogP contribution in [0.4, 0.5) is 4.39 Å². The van der Waals surface area contributed by atoms with Gasteiger partial charge in [-0.1, -0.05) is 18.2 Å². The van der Waals surface area contributed by atoms with E-state index in [-0.39, 0.29) is 11.7 Å². The first-order valence-corrected chi connectivity index (χ1v) is 7.14. The van der Waals surface area contributed by atoms with E-state index in [9.17, 15) is 9.18 Å². The van der Waals surface area contributed by atoms with Gasteiger partial charge in [0, 0.05) is 25.4 Å². The summed E-state index contributed by atoms with van der Waals surface area (Å²) in [5.41, 5.74) is 2.17. The largest absolute Gasteiger partial charge is 0.356 e. The zero-order valence-corrected chi connectivity index (χ0v) is 11.9. The minimum Gasteiger partial charge on any atom is -0.356 e. The van der Waals surface area contributed by atoms with Crippen LogP contribution in [0.5, 0.6) is 0 Å². The molecule has 110 valence electrons. The average molecular weight is 286 g/mol. The minimum absolute atomic E-state index is 0.0565. The number of benzene rings is 1. The Morgan fingerprint density at radius 2 is 1.90 bits per heavy atom. The van der Waals surface area contributed by atoms with Gasteiger partial charge in [0.25, 0.3) is 0 Å². The Kier molecular flexibility index (Phi) is 5.88. The zero-order chi connectivity index (χ0) is 14.9. The lowest BCUT2D eigenvalue weighted by molar-refractivity contribution is -0.121. The molecule has 0 aliphatic rings. The molecule has 0 spiro atoms. The van der Waals surface area contributed by atoms with Crippen molar-refractivity contribution < 1.29 is 9.18 Å². The van der Waals surface area contributed by atoms with Gasteiger partial charge in [0.05, 0.1) is 0 Å². The van der Waals surface area contributed by atoms with Crippen molar-refractivity contribution in [3.05, 3.63) is 65.7 Å². The first-order valence-electron chi connectivity index (χ1n) is 7.14. The molecule has 0 fully saturated rings. The Morgan fingerprint density at radius 1 is 1.10 bits per heavy atom. The highest BCUT2D eigenvalue weighted by atomic mass is 19.1. The third-order valence-corrected chi connectivity index (χ3v) is 3.24. The van der Waals surface area contributed by atoms with E-state index in [1.165, 1.54) is 12.1 Å². The molecule has 3 nitrogen and oxygen atoms in total. The molecule has 1 amide bonds. The van der Waals surface area contributed by atoms with E-state index < -0.39 is 0 Å². The van der Waals surface area contributed by atoms with E-state index in [1.807, 2.05) is 18.3 Å². The Hall–Kier alpha value is -2.23. The van der Waals surface area contributed by atoms with Crippen LogP contribution in [0, 0.1) is 5.82 Å². The quantitative estimate of drug-likeness (QED) is 0.850. The molecule has 1 aromatic carbocycles. The second-order valence-electron chi connectivity index (χ2n) is 4.94. The number of rotatable bonds is 7. The summed E-state index contributed by atoms with van der Waals surface area (Å²) in [5.74, 6) is -0.181. The van der Waals surface area contributed by atoms with Crippen molar-refractivity contribution in [3.8, 4) is 0 Å². The van der Waals surface area contributed by atoms with Crippen molar-refractivity contribution in [1.82, 2.24) is 10.3 Å². The Labute approximate surface area is 124 Å².